The van der Waals surface area contributed by atoms with Gasteiger partial charge in [-0.1, -0.05) is 209 Å². The molecule has 0 N–H and O–H groups in total. The van der Waals surface area contributed by atoms with Crippen LogP contribution in [-0.2, 0) is 10.8 Å². The lowest BCUT2D eigenvalue weighted by atomic mass is 9.53. The minimum absolute atomic E-state index is 0.158. The summed E-state index contributed by atoms with van der Waals surface area (Å²) in [7, 11) is 0. The lowest BCUT2D eigenvalue weighted by Crippen LogP contribution is -2.43. The van der Waals surface area contributed by atoms with Crippen molar-refractivity contribution >= 4 is 11.1 Å². The number of benzene rings is 4. The summed E-state index contributed by atoms with van der Waals surface area (Å²) in [5, 5.41) is 0. The SMILES string of the molecule is CC(C)C1=CC=C(c2ccccc2)C2=CCC(C3=CC(C4(c5ccccc5)CC=C5C(c6ccccc6)=CC=C(C(C)C)C=C54)C3)(c3ccccc3)C2=C1. The molecule has 0 fully saturated rings. The predicted octanol–water partition coefficient (Wildman–Crippen LogP) is 13.7. The summed E-state index contributed by atoms with van der Waals surface area (Å²) in [4.78, 5) is 0. The van der Waals surface area contributed by atoms with E-state index in [9.17, 15) is 0 Å². The van der Waals surface area contributed by atoms with E-state index >= 15 is 0 Å². The van der Waals surface area contributed by atoms with Gasteiger partial charge in [-0.25, -0.2) is 0 Å². The number of rotatable bonds is 8. The van der Waals surface area contributed by atoms with Crippen molar-refractivity contribution in [1.82, 2.24) is 0 Å². The van der Waals surface area contributed by atoms with Gasteiger partial charge in [-0.15, -0.1) is 0 Å². The van der Waals surface area contributed by atoms with Crippen LogP contribution in [0, 0.1) is 17.8 Å². The van der Waals surface area contributed by atoms with Gasteiger partial charge in [0.15, 0.2) is 0 Å². The Kier molecular flexibility index (Phi) is 8.74. The summed E-state index contributed by atoms with van der Waals surface area (Å²) in [5.74, 6) is 1.20. The quantitative estimate of drug-likeness (QED) is 0.161. The van der Waals surface area contributed by atoms with Crippen molar-refractivity contribution in [2.24, 2.45) is 17.8 Å². The van der Waals surface area contributed by atoms with Gasteiger partial charge in [0.25, 0.3) is 0 Å². The molecule has 0 radical (unpaired) electrons. The zero-order valence-electron chi connectivity index (χ0n) is 32.1. The Morgan fingerprint density at radius 1 is 0.481 bits per heavy atom. The number of hydrogen-bond donors (Lipinski definition) is 0. The normalized spacial score (nSPS) is 24.6. The molecule has 5 aliphatic rings. The topological polar surface area (TPSA) is 0 Å². The second-order valence-electron chi connectivity index (χ2n) is 16.4. The molecule has 0 spiro atoms. The molecule has 3 atom stereocenters. The first-order valence-electron chi connectivity index (χ1n) is 20.0. The molecule has 4 aromatic rings. The van der Waals surface area contributed by atoms with E-state index in [0.29, 0.717) is 17.8 Å². The van der Waals surface area contributed by atoms with Gasteiger partial charge in [0.1, 0.15) is 0 Å². The van der Waals surface area contributed by atoms with Crippen molar-refractivity contribution in [3.05, 3.63) is 237 Å². The molecule has 266 valence electrons. The van der Waals surface area contributed by atoms with Crippen LogP contribution in [0.5, 0.6) is 0 Å². The van der Waals surface area contributed by atoms with Crippen LogP contribution in [0.2, 0.25) is 0 Å². The molecule has 0 saturated carbocycles. The third-order valence-electron chi connectivity index (χ3n) is 12.9. The smallest absolute Gasteiger partial charge is 0.0452 e. The van der Waals surface area contributed by atoms with E-state index in [-0.39, 0.29) is 10.8 Å². The molecule has 0 bridgehead atoms. The molecule has 0 aromatic heterocycles. The van der Waals surface area contributed by atoms with Gasteiger partial charge in [-0.05, 0) is 104 Å². The molecule has 0 amide bonds. The molecule has 0 nitrogen and oxygen atoms in total. The van der Waals surface area contributed by atoms with Crippen LogP contribution in [0.15, 0.2) is 215 Å². The molecular weight excluding hydrogens is 649 g/mol. The molecule has 0 heterocycles. The van der Waals surface area contributed by atoms with Crippen molar-refractivity contribution in [2.45, 2.75) is 57.8 Å². The molecule has 9 rings (SSSR count). The first kappa shape index (κ1) is 34.3. The molecule has 3 unspecified atom stereocenters. The molecule has 4 aromatic carbocycles. The summed E-state index contributed by atoms with van der Waals surface area (Å²) in [6, 6.07) is 44.9. The van der Waals surface area contributed by atoms with Crippen LogP contribution in [0.3, 0.4) is 0 Å². The summed E-state index contributed by atoms with van der Waals surface area (Å²) >= 11 is 0. The second kappa shape index (κ2) is 13.7. The standard InChI is InChI=1S/C54H50/c1-37(2)41-25-27-47(39-17-9-5-10-18-39)49-29-31-53(51(49)33-41,43-21-13-7-14-22-43)45-35-46(36-45)54(44-23-15-8-16-24-44)32-30-50-48(40-19-11-6-12-20-40)28-26-42(38(3)4)34-52(50)54/h5-30,33-35,37-38,45H,31-32,36H2,1-4H3. The van der Waals surface area contributed by atoms with Gasteiger partial charge in [-0.3, -0.25) is 0 Å². The highest BCUT2D eigenvalue weighted by atomic mass is 14.6. The van der Waals surface area contributed by atoms with Crippen molar-refractivity contribution in [3.63, 3.8) is 0 Å². The summed E-state index contributed by atoms with van der Waals surface area (Å²) < 4.78 is 0. The lowest BCUT2D eigenvalue weighted by Gasteiger charge is -2.49. The Morgan fingerprint density at radius 3 is 1.44 bits per heavy atom. The zero-order valence-corrected chi connectivity index (χ0v) is 32.1. The van der Waals surface area contributed by atoms with Crippen LogP contribution >= 0.6 is 0 Å². The molecule has 5 aliphatic carbocycles. The monoisotopic (exact) mass is 698 g/mol. The largest absolute Gasteiger partial charge is 0.0794 e. The Bertz CT molecular complexity index is 2360. The summed E-state index contributed by atoms with van der Waals surface area (Å²) in [6.07, 6.45) is 25.5. The molecular formula is C54H50. The Balaban J connectivity index is 1.21. The third-order valence-corrected chi connectivity index (χ3v) is 12.9. The highest BCUT2D eigenvalue weighted by molar-refractivity contribution is 5.91. The maximum atomic E-state index is 2.72. The van der Waals surface area contributed by atoms with Crippen molar-refractivity contribution in [2.75, 3.05) is 0 Å². The van der Waals surface area contributed by atoms with Gasteiger partial charge in [-0.2, -0.15) is 0 Å². The number of allylic oxidation sites excluding steroid dienone is 18. The van der Waals surface area contributed by atoms with Crippen molar-refractivity contribution < 1.29 is 0 Å². The second-order valence-corrected chi connectivity index (χ2v) is 16.4. The molecule has 54 heavy (non-hydrogen) atoms. The Morgan fingerprint density at radius 2 is 0.926 bits per heavy atom. The molecule has 0 saturated heterocycles. The van der Waals surface area contributed by atoms with E-state index in [1.165, 1.54) is 66.8 Å². The van der Waals surface area contributed by atoms with Crippen LogP contribution < -0.4 is 0 Å². The molecule has 0 aliphatic heterocycles. The van der Waals surface area contributed by atoms with Crippen LogP contribution in [0.1, 0.15) is 69.2 Å². The van der Waals surface area contributed by atoms with Gasteiger partial charge >= 0.3 is 0 Å². The number of hydrogen-bond acceptors (Lipinski definition) is 0. The van der Waals surface area contributed by atoms with E-state index in [0.717, 1.165) is 19.3 Å². The zero-order chi connectivity index (χ0) is 36.9. The van der Waals surface area contributed by atoms with Crippen LogP contribution in [-0.4, -0.2) is 0 Å². The van der Waals surface area contributed by atoms with Gasteiger partial charge < -0.3 is 0 Å². The summed E-state index contributed by atoms with van der Waals surface area (Å²) in [6.45, 7) is 9.33. The van der Waals surface area contributed by atoms with E-state index in [2.05, 4.69) is 204 Å². The predicted molar refractivity (Wildman–Crippen MR) is 229 cm³/mol. The first-order valence-corrected chi connectivity index (χ1v) is 20.0. The van der Waals surface area contributed by atoms with Gasteiger partial charge in [0, 0.05) is 10.8 Å². The van der Waals surface area contributed by atoms with E-state index in [4.69, 9.17) is 0 Å². The van der Waals surface area contributed by atoms with Crippen LogP contribution in [0.4, 0.5) is 0 Å². The van der Waals surface area contributed by atoms with Gasteiger partial charge in [0.2, 0.25) is 0 Å². The molecule has 0 heteroatoms. The minimum atomic E-state index is -0.220. The van der Waals surface area contributed by atoms with Gasteiger partial charge in [0.05, 0.1) is 0 Å². The van der Waals surface area contributed by atoms with E-state index in [1.54, 1.807) is 5.57 Å². The minimum Gasteiger partial charge on any atom is -0.0794 e. The van der Waals surface area contributed by atoms with Crippen LogP contribution in [0.25, 0.3) is 11.1 Å². The maximum absolute atomic E-state index is 2.72. The fourth-order valence-corrected chi connectivity index (χ4v) is 9.91. The Hall–Kier alpha value is -5.46. The average molecular weight is 699 g/mol. The first-order chi connectivity index (χ1) is 26.4. The lowest BCUT2D eigenvalue weighted by molar-refractivity contribution is 0.335. The fourth-order valence-electron chi connectivity index (χ4n) is 9.91. The van der Waals surface area contributed by atoms with E-state index in [1.807, 2.05) is 0 Å². The highest BCUT2D eigenvalue weighted by Crippen LogP contribution is 2.64. The highest BCUT2D eigenvalue weighted by Gasteiger charge is 2.54. The number of fused-ring (bicyclic) bond motifs is 2. The van der Waals surface area contributed by atoms with Crippen molar-refractivity contribution in [3.8, 4) is 0 Å². The maximum Gasteiger partial charge on any atom is 0.0452 e. The van der Waals surface area contributed by atoms with Crippen molar-refractivity contribution in [1.29, 1.82) is 0 Å². The Labute approximate surface area is 322 Å². The fraction of sp³-hybridized carbons (Fsp3) is 0.222. The summed E-state index contributed by atoms with van der Waals surface area (Å²) in [5.41, 5.74) is 17.7. The van der Waals surface area contributed by atoms with E-state index < -0.39 is 0 Å². The average Bonchev–Trinajstić information content (AvgIpc) is 3.57. The third kappa shape index (κ3) is 5.49.